The number of benzene rings is 1. The monoisotopic (exact) mass is 217 g/mol. The molecule has 0 saturated heterocycles. The SMILES string of the molecule is O=CC12CC1(Cc1cccc([N+](=O)[O-])c1)C2. The van der Waals surface area contributed by atoms with Crippen LogP contribution in [-0.4, -0.2) is 11.2 Å². The molecular formula is C12H11NO3. The minimum absolute atomic E-state index is 0.0579. The highest BCUT2D eigenvalue weighted by molar-refractivity contribution is 5.74. The van der Waals surface area contributed by atoms with Gasteiger partial charge in [0.05, 0.1) is 4.92 Å². The third-order valence-electron chi connectivity index (χ3n) is 4.00. The molecule has 0 heterocycles. The number of nitro groups is 1. The van der Waals surface area contributed by atoms with Crippen LogP contribution in [0.4, 0.5) is 5.69 Å². The number of aldehydes is 1. The summed E-state index contributed by atoms with van der Waals surface area (Å²) in [6, 6.07) is 6.71. The number of rotatable bonds is 4. The summed E-state index contributed by atoms with van der Waals surface area (Å²) in [5, 5.41) is 10.6. The van der Waals surface area contributed by atoms with Crippen molar-refractivity contribution >= 4 is 12.0 Å². The van der Waals surface area contributed by atoms with Crippen molar-refractivity contribution in [3.63, 3.8) is 0 Å². The van der Waals surface area contributed by atoms with E-state index in [-0.39, 0.29) is 21.4 Å². The van der Waals surface area contributed by atoms with Gasteiger partial charge in [0.1, 0.15) is 6.29 Å². The molecule has 1 aromatic rings. The molecule has 2 saturated carbocycles. The molecule has 2 fully saturated rings. The van der Waals surface area contributed by atoms with Gasteiger partial charge < -0.3 is 4.79 Å². The first-order valence-corrected chi connectivity index (χ1v) is 5.31. The van der Waals surface area contributed by atoms with E-state index in [2.05, 4.69) is 0 Å². The molecule has 3 rings (SSSR count). The molecule has 0 N–H and O–H groups in total. The van der Waals surface area contributed by atoms with Crippen LogP contribution in [0.5, 0.6) is 0 Å². The van der Waals surface area contributed by atoms with E-state index in [1.54, 1.807) is 12.1 Å². The molecule has 0 aliphatic heterocycles. The van der Waals surface area contributed by atoms with Crippen LogP contribution in [0.15, 0.2) is 24.3 Å². The number of non-ortho nitro benzene ring substituents is 1. The predicted octanol–water partition coefficient (Wildman–Crippen LogP) is 2.12. The van der Waals surface area contributed by atoms with Gasteiger partial charge in [-0.05, 0) is 30.2 Å². The van der Waals surface area contributed by atoms with Crippen molar-refractivity contribution in [3.05, 3.63) is 39.9 Å². The summed E-state index contributed by atoms with van der Waals surface area (Å²) < 4.78 is 0. The Morgan fingerprint density at radius 2 is 2.19 bits per heavy atom. The van der Waals surface area contributed by atoms with Gasteiger partial charge in [-0.3, -0.25) is 10.1 Å². The maximum absolute atomic E-state index is 10.8. The summed E-state index contributed by atoms with van der Waals surface area (Å²) in [6.07, 6.45) is 3.79. The van der Waals surface area contributed by atoms with Crippen molar-refractivity contribution < 1.29 is 9.72 Å². The van der Waals surface area contributed by atoms with Gasteiger partial charge in [0.25, 0.3) is 5.69 Å². The van der Waals surface area contributed by atoms with E-state index in [9.17, 15) is 14.9 Å². The smallest absolute Gasteiger partial charge is 0.269 e. The number of nitrogens with zero attached hydrogens (tertiary/aromatic N) is 1. The van der Waals surface area contributed by atoms with Crippen LogP contribution in [0.1, 0.15) is 18.4 Å². The molecule has 0 atom stereocenters. The molecule has 2 aliphatic rings. The van der Waals surface area contributed by atoms with Gasteiger partial charge in [-0.1, -0.05) is 12.1 Å². The van der Waals surface area contributed by atoms with Gasteiger partial charge in [-0.2, -0.15) is 0 Å². The van der Waals surface area contributed by atoms with Crippen LogP contribution < -0.4 is 0 Å². The van der Waals surface area contributed by atoms with Gasteiger partial charge in [0, 0.05) is 17.5 Å². The number of carbonyl (C=O) groups excluding carboxylic acids is 1. The van der Waals surface area contributed by atoms with Crippen molar-refractivity contribution in [1.82, 2.24) is 0 Å². The Bertz CT molecular complexity index is 489. The average Bonchev–Trinajstić information content (AvgIpc) is 3.04. The third kappa shape index (κ3) is 1.13. The van der Waals surface area contributed by atoms with E-state index in [4.69, 9.17) is 0 Å². The first-order valence-electron chi connectivity index (χ1n) is 5.31. The minimum atomic E-state index is -0.381. The van der Waals surface area contributed by atoms with Crippen LogP contribution >= 0.6 is 0 Å². The van der Waals surface area contributed by atoms with Gasteiger partial charge in [-0.25, -0.2) is 0 Å². The lowest BCUT2D eigenvalue weighted by Crippen LogP contribution is -1.95. The number of fused-ring (bicyclic) bond motifs is 1. The van der Waals surface area contributed by atoms with Gasteiger partial charge >= 0.3 is 0 Å². The summed E-state index contributed by atoms with van der Waals surface area (Å²) in [6.45, 7) is 0. The molecule has 0 bridgehead atoms. The second-order valence-corrected chi connectivity index (χ2v) is 5.01. The first kappa shape index (κ1) is 9.51. The van der Waals surface area contributed by atoms with Gasteiger partial charge in [0.2, 0.25) is 0 Å². The standard InChI is InChI=1S/C12H11NO3/c14-8-12-6-11(12,7-12)5-9-2-1-3-10(4-9)13(15)16/h1-4,8H,5-7H2. The minimum Gasteiger partial charge on any atom is -0.303 e. The van der Waals surface area contributed by atoms with Crippen molar-refractivity contribution in [3.8, 4) is 0 Å². The third-order valence-corrected chi connectivity index (χ3v) is 4.00. The second kappa shape index (κ2) is 2.70. The van der Waals surface area contributed by atoms with Crippen molar-refractivity contribution in [2.24, 2.45) is 10.8 Å². The number of nitro benzene ring substituents is 1. The van der Waals surface area contributed by atoms with Crippen molar-refractivity contribution in [2.75, 3.05) is 0 Å². The fraction of sp³-hybridized carbons (Fsp3) is 0.417. The summed E-state index contributed by atoms with van der Waals surface area (Å²) in [5.74, 6) is 0. The number of hydrogen-bond acceptors (Lipinski definition) is 3. The Labute approximate surface area is 92.4 Å². The lowest BCUT2D eigenvalue weighted by molar-refractivity contribution is -0.384. The molecule has 0 amide bonds. The zero-order valence-electron chi connectivity index (χ0n) is 8.68. The zero-order valence-corrected chi connectivity index (χ0v) is 8.68. The Kier molecular flexibility index (Phi) is 1.60. The van der Waals surface area contributed by atoms with Crippen LogP contribution in [0.2, 0.25) is 0 Å². The van der Waals surface area contributed by atoms with Gasteiger partial charge in [0.15, 0.2) is 0 Å². The van der Waals surface area contributed by atoms with Crippen LogP contribution in [0.25, 0.3) is 0 Å². The normalized spacial score (nSPS) is 34.0. The predicted molar refractivity (Wildman–Crippen MR) is 57.0 cm³/mol. The molecule has 2 aliphatic carbocycles. The zero-order chi connectivity index (χ0) is 11.4. The first-order chi connectivity index (χ1) is 7.61. The Hall–Kier alpha value is -1.71. The fourth-order valence-electron chi connectivity index (χ4n) is 2.75. The van der Waals surface area contributed by atoms with E-state index in [1.807, 2.05) is 6.07 Å². The Morgan fingerprint density at radius 3 is 2.75 bits per heavy atom. The highest BCUT2D eigenvalue weighted by Crippen LogP contribution is 2.85. The molecule has 4 nitrogen and oxygen atoms in total. The van der Waals surface area contributed by atoms with Crippen LogP contribution in [-0.2, 0) is 11.2 Å². The summed E-state index contributed by atoms with van der Waals surface area (Å²) >= 11 is 0. The van der Waals surface area contributed by atoms with Crippen molar-refractivity contribution in [2.45, 2.75) is 19.3 Å². The summed E-state index contributed by atoms with van der Waals surface area (Å²) in [5.41, 5.74) is 1.20. The molecule has 4 heteroatoms. The van der Waals surface area contributed by atoms with E-state index in [0.29, 0.717) is 0 Å². The summed E-state index contributed by atoms with van der Waals surface area (Å²) in [4.78, 5) is 21.0. The topological polar surface area (TPSA) is 60.2 Å². The molecule has 82 valence electrons. The number of carbonyl (C=O) groups is 1. The van der Waals surface area contributed by atoms with E-state index in [1.165, 1.54) is 6.07 Å². The molecule has 16 heavy (non-hydrogen) atoms. The van der Waals surface area contributed by atoms with E-state index >= 15 is 0 Å². The molecule has 0 radical (unpaired) electrons. The Balaban J connectivity index is 1.79. The van der Waals surface area contributed by atoms with E-state index in [0.717, 1.165) is 31.1 Å². The Morgan fingerprint density at radius 1 is 1.44 bits per heavy atom. The maximum Gasteiger partial charge on any atom is 0.269 e. The van der Waals surface area contributed by atoms with Crippen LogP contribution in [0, 0.1) is 20.9 Å². The largest absolute Gasteiger partial charge is 0.303 e. The lowest BCUT2D eigenvalue weighted by atomic mass is 10.0. The fourth-order valence-corrected chi connectivity index (χ4v) is 2.75. The summed E-state index contributed by atoms with van der Waals surface area (Å²) in [7, 11) is 0. The quantitative estimate of drug-likeness (QED) is 0.441. The number of hydrogen-bond donors (Lipinski definition) is 0. The lowest BCUT2D eigenvalue weighted by Gasteiger charge is -2.02. The maximum atomic E-state index is 10.8. The highest BCUT2D eigenvalue weighted by Gasteiger charge is 2.82. The van der Waals surface area contributed by atoms with Crippen molar-refractivity contribution in [1.29, 1.82) is 0 Å². The second-order valence-electron chi connectivity index (χ2n) is 5.01. The van der Waals surface area contributed by atoms with Crippen LogP contribution in [0.3, 0.4) is 0 Å². The molecule has 0 aromatic heterocycles. The highest BCUT2D eigenvalue weighted by atomic mass is 16.6. The average molecular weight is 217 g/mol. The molecule has 0 unspecified atom stereocenters. The molecule has 1 aromatic carbocycles. The van der Waals surface area contributed by atoms with E-state index < -0.39 is 0 Å². The molecular weight excluding hydrogens is 206 g/mol. The molecule has 0 spiro atoms. The van der Waals surface area contributed by atoms with Gasteiger partial charge in [-0.15, -0.1) is 0 Å².